The lowest BCUT2D eigenvalue weighted by molar-refractivity contribution is -0.141. The third-order valence-electron chi connectivity index (χ3n) is 3.60. The van der Waals surface area contributed by atoms with Crippen molar-refractivity contribution < 1.29 is 23.9 Å². The molecule has 3 aromatic rings. The summed E-state index contributed by atoms with van der Waals surface area (Å²) >= 11 is 0. The molecule has 174 valence electrons. The Hall–Kier alpha value is -3.98. The molecule has 0 aliphatic heterocycles. The Bertz CT molecular complexity index is 998. The number of aromatic amines is 1. The van der Waals surface area contributed by atoms with Crippen molar-refractivity contribution in [3.8, 4) is 0 Å². The first-order valence-electron chi connectivity index (χ1n) is 9.72. The summed E-state index contributed by atoms with van der Waals surface area (Å²) < 4.78 is 12.5. The molecule has 3 aromatic heterocycles. The minimum atomic E-state index is -0.490. The van der Waals surface area contributed by atoms with Crippen LogP contribution in [0.25, 0.3) is 21.5 Å². The standard InChI is InChI=1S/C8H10N2.C6H7NO.C4H7N3O2.C3H6O2/c1-6-5-8-7(9-6)3-4-10(8)2;1-7-3-2-6(4-7)5-8;1-2-9-4(8)3-6-7-5;1-2-5-3-4/h3-5,9H,1-2H3;2-5H,1H3;2-3H2,1H3;3H,2H2,1H3. The number of aromatic nitrogens is 3. The van der Waals surface area contributed by atoms with E-state index in [2.05, 4.69) is 61.4 Å². The molecule has 0 unspecified atom stereocenters. The fraction of sp³-hybridized carbons (Fsp3) is 0.381. The highest BCUT2D eigenvalue weighted by Crippen LogP contribution is 2.14. The molecule has 0 aromatic carbocycles. The van der Waals surface area contributed by atoms with Crippen LogP contribution in [0, 0.1) is 6.92 Å². The molecule has 11 nitrogen and oxygen atoms in total. The monoisotopic (exact) mass is 446 g/mol. The molecule has 0 radical (unpaired) electrons. The van der Waals surface area contributed by atoms with Crippen LogP contribution in [-0.4, -0.2) is 52.6 Å². The lowest BCUT2D eigenvalue weighted by atomic mass is 10.4. The molecule has 0 saturated heterocycles. The third kappa shape index (κ3) is 11.9. The van der Waals surface area contributed by atoms with Gasteiger partial charge in [-0.1, -0.05) is 5.11 Å². The number of hydrogen-bond donors (Lipinski definition) is 1. The predicted octanol–water partition coefficient (Wildman–Crippen LogP) is 3.69. The minimum Gasteiger partial charge on any atom is -0.468 e. The number of nitrogens with one attached hydrogen (secondary N) is 1. The van der Waals surface area contributed by atoms with Crippen LogP contribution in [-0.2, 0) is 33.2 Å². The molecular formula is C21H30N6O5. The van der Waals surface area contributed by atoms with Gasteiger partial charge >= 0.3 is 5.97 Å². The Balaban J connectivity index is 0.000000412. The van der Waals surface area contributed by atoms with Gasteiger partial charge in [0.1, 0.15) is 6.54 Å². The number of esters is 1. The Morgan fingerprint density at radius 1 is 1.22 bits per heavy atom. The zero-order valence-electron chi connectivity index (χ0n) is 19.0. The van der Waals surface area contributed by atoms with E-state index in [4.69, 9.17) is 5.53 Å². The molecule has 0 saturated carbocycles. The second kappa shape index (κ2) is 16.8. The highest BCUT2D eigenvalue weighted by atomic mass is 16.5. The predicted molar refractivity (Wildman–Crippen MR) is 121 cm³/mol. The van der Waals surface area contributed by atoms with Gasteiger partial charge in [-0.3, -0.25) is 14.4 Å². The Kier molecular flexibility index (Phi) is 14.7. The molecule has 32 heavy (non-hydrogen) atoms. The van der Waals surface area contributed by atoms with Gasteiger partial charge in [-0.2, -0.15) is 0 Å². The highest BCUT2D eigenvalue weighted by Gasteiger charge is 1.98. The van der Waals surface area contributed by atoms with E-state index in [0.29, 0.717) is 19.7 Å². The van der Waals surface area contributed by atoms with Gasteiger partial charge < -0.3 is 23.6 Å². The molecule has 0 aliphatic rings. The van der Waals surface area contributed by atoms with Crippen molar-refractivity contribution >= 4 is 29.8 Å². The molecule has 11 heteroatoms. The molecule has 0 fully saturated rings. The number of rotatable bonds is 6. The van der Waals surface area contributed by atoms with E-state index < -0.39 is 5.97 Å². The van der Waals surface area contributed by atoms with Gasteiger partial charge in [0.05, 0.1) is 24.2 Å². The molecule has 0 aliphatic carbocycles. The molecule has 0 amide bonds. The summed E-state index contributed by atoms with van der Waals surface area (Å²) in [5, 5.41) is 3.00. The van der Waals surface area contributed by atoms with Gasteiger partial charge in [0.25, 0.3) is 6.47 Å². The average Bonchev–Trinajstić information content (AvgIpc) is 3.46. The van der Waals surface area contributed by atoms with E-state index >= 15 is 0 Å². The molecule has 0 spiro atoms. The Morgan fingerprint density at radius 2 is 1.94 bits per heavy atom. The molecule has 0 bridgehead atoms. The van der Waals surface area contributed by atoms with Crippen molar-refractivity contribution in [3.63, 3.8) is 0 Å². The van der Waals surface area contributed by atoms with Gasteiger partial charge in [0, 0.05) is 48.9 Å². The summed E-state index contributed by atoms with van der Waals surface area (Å²) in [6, 6.07) is 6.00. The first-order chi connectivity index (χ1) is 15.3. The highest BCUT2D eigenvalue weighted by molar-refractivity contribution is 5.77. The molecule has 0 atom stereocenters. The molecule has 3 heterocycles. The number of aryl methyl sites for hydroxylation is 3. The first kappa shape index (κ1) is 28.0. The quantitative estimate of drug-likeness (QED) is 0.202. The van der Waals surface area contributed by atoms with Gasteiger partial charge in [0.2, 0.25) is 0 Å². The van der Waals surface area contributed by atoms with Gasteiger partial charge in [-0.05, 0) is 44.5 Å². The number of carbonyl (C=O) groups excluding carboxylic acids is 3. The topological polar surface area (TPSA) is 144 Å². The third-order valence-corrected chi connectivity index (χ3v) is 3.60. The number of H-pyrrole nitrogens is 1. The van der Waals surface area contributed by atoms with Crippen molar-refractivity contribution in [2.24, 2.45) is 19.2 Å². The smallest absolute Gasteiger partial charge is 0.311 e. The normalized spacial score (nSPS) is 8.91. The Morgan fingerprint density at radius 3 is 2.34 bits per heavy atom. The van der Waals surface area contributed by atoms with Crippen molar-refractivity contribution in [1.29, 1.82) is 0 Å². The van der Waals surface area contributed by atoms with Crippen LogP contribution >= 0.6 is 0 Å². The van der Waals surface area contributed by atoms with E-state index in [1.165, 1.54) is 16.7 Å². The van der Waals surface area contributed by atoms with E-state index in [9.17, 15) is 14.4 Å². The number of aldehydes is 1. The summed E-state index contributed by atoms with van der Waals surface area (Å²) in [6.45, 7) is 6.52. The number of azide groups is 1. The SMILES string of the molecule is CCOC(=O)CN=[N+]=[N-].CCOC=O.Cc1cc2c(ccn2C)[nH]1.Cn1ccc(C=O)c1. The van der Waals surface area contributed by atoms with Gasteiger partial charge in [-0.15, -0.1) is 0 Å². The van der Waals surface area contributed by atoms with Crippen molar-refractivity contribution in [2.45, 2.75) is 20.8 Å². The molecule has 3 rings (SSSR count). The zero-order valence-corrected chi connectivity index (χ0v) is 19.0. The van der Waals surface area contributed by atoms with Crippen LogP contribution in [0.2, 0.25) is 0 Å². The zero-order chi connectivity index (χ0) is 24.4. The lowest BCUT2D eigenvalue weighted by Gasteiger charge is -1.94. The van der Waals surface area contributed by atoms with Crippen LogP contribution < -0.4 is 0 Å². The summed E-state index contributed by atoms with van der Waals surface area (Å²) in [5.74, 6) is -0.490. The van der Waals surface area contributed by atoms with Crippen molar-refractivity contribution in [3.05, 3.63) is 58.5 Å². The van der Waals surface area contributed by atoms with Gasteiger partial charge in [-0.25, -0.2) is 0 Å². The van der Waals surface area contributed by atoms with Gasteiger partial charge in [0.15, 0.2) is 6.29 Å². The fourth-order valence-electron chi connectivity index (χ4n) is 2.24. The number of fused-ring (bicyclic) bond motifs is 1. The number of ether oxygens (including phenoxy) is 2. The molecule has 1 N–H and O–H groups in total. The maximum Gasteiger partial charge on any atom is 0.311 e. The largest absolute Gasteiger partial charge is 0.468 e. The van der Waals surface area contributed by atoms with Crippen molar-refractivity contribution in [2.75, 3.05) is 19.8 Å². The van der Waals surface area contributed by atoms with Crippen LogP contribution in [0.1, 0.15) is 29.9 Å². The van der Waals surface area contributed by atoms with E-state index in [1.807, 2.05) is 17.8 Å². The second-order valence-corrected chi connectivity index (χ2v) is 6.15. The Labute approximate surface area is 186 Å². The summed E-state index contributed by atoms with van der Waals surface area (Å²) in [5.41, 5.74) is 12.2. The lowest BCUT2D eigenvalue weighted by Crippen LogP contribution is -2.06. The first-order valence-corrected chi connectivity index (χ1v) is 9.72. The maximum absolute atomic E-state index is 10.3. The van der Waals surface area contributed by atoms with Crippen LogP contribution in [0.4, 0.5) is 0 Å². The van der Waals surface area contributed by atoms with E-state index in [0.717, 1.165) is 11.8 Å². The summed E-state index contributed by atoms with van der Waals surface area (Å²) in [4.78, 5) is 35.1. The summed E-state index contributed by atoms with van der Waals surface area (Å²) in [6.07, 6.45) is 6.50. The number of carbonyl (C=O) groups is 3. The fourth-order valence-corrected chi connectivity index (χ4v) is 2.24. The number of nitrogens with zero attached hydrogens (tertiary/aromatic N) is 5. The maximum atomic E-state index is 10.3. The van der Waals surface area contributed by atoms with E-state index in [1.54, 1.807) is 26.1 Å². The molecular weight excluding hydrogens is 416 g/mol. The van der Waals surface area contributed by atoms with Crippen LogP contribution in [0.15, 0.2) is 41.9 Å². The number of hydrogen-bond acceptors (Lipinski definition) is 6. The second-order valence-electron chi connectivity index (χ2n) is 6.15. The van der Waals surface area contributed by atoms with Crippen LogP contribution in [0.3, 0.4) is 0 Å². The minimum absolute atomic E-state index is 0.218. The van der Waals surface area contributed by atoms with Crippen LogP contribution in [0.5, 0.6) is 0 Å². The summed E-state index contributed by atoms with van der Waals surface area (Å²) in [7, 11) is 3.93. The van der Waals surface area contributed by atoms with E-state index in [-0.39, 0.29) is 6.54 Å². The average molecular weight is 447 g/mol. The van der Waals surface area contributed by atoms with Crippen molar-refractivity contribution in [1.82, 2.24) is 14.1 Å².